The minimum atomic E-state index is -0.280. The molecule has 6 nitrogen and oxygen atoms in total. The van der Waals surface area contributed by atoms with Gasteiger partial charge in [-0.3, -0.25) is 14.5 Å². The van der Waals surface area contributed by atoms with Crippen molar-refractivity contribution in [2.75, 3.05) is 23.9 Å². The van der Waals surface area contributed by atoms with Gasteiger partial charge in [0.15, 0.2) is 22.4 Å². The number of aryl methyl sites for hydroxylation is 2. The number of hydrogen-bond acceptors (Lipinski definition) is 6. The summed E-state index contributed by atoms with van der Waals surface area (Å²) < 4.78 is 11.6. The Morgan fingerprint density at radius 1 is 1.06 bits per heavy atom. The second-order valence-electron chi connectivity index (χ2n) is 7.92. The van der Waals surface area contributed by atoms with E-state index in [4.69, 9.17) is 21.7 Å². The number of carbonyl (C=O) groups is 2. The van der Waals surface area contributed by atoms with Crippen LogP contribution in [0.15, 0.2) is 71.6 Å². The minimum absolute atomic E-state index is 0.163. The van der Waals surface area contributed by atoms with Crippen molar-refractivity contribution in [3.05, 3.63) is 88.3 Å². The summed E-state index contributed by atoms with van der Waals surface area (Å²) in [5.41, 5.74) is 4.35. The number of benzene rings is 3. The van der Waals surface area contributed by atoms with E-state index in [1.165, 1.54) is 18.9 Å². The number of para-hydroxylation sites is 1. The van der Waals surface area contributed by atoms with Crippen molar-refractivity contribution in [3.8, 4) is 11.5 Å². The molecular weight excluding hydrogens is 480 g/mol. The highest BCUT2D eigenvalue weighted by Gasteiger charge is 2.34. The van der Waals surface area contributed by atoms with E-state index in [-0.39, 0.29) is 18.4 Å². The summed E-state index contributed by atoms with van der Waals surface area (Å²) in [5, 5.41) is 2.77. The lowest BCUT2D eigenvalue weighted by atomic mass is 10.1. The minimum Gasteiger partial charge on any atom is -0.493 e. The van der Waals surface area contributed by atoms with Crippen molar-refractivity contribution in [2.24, 2.45) is 0 Å². The molecule has 0 atom stereocenters. The molecule has 1 aliphatic heterocycles. The van der Waals surface area contributed by atoms with E-state index in [1.807, 2.05) is 50.2 Å². The van der Waals surface area contributed by atoms with Crippen LogP contribution < -0.4 is 19.7 Å². The van der Waals surface area contributed by atoms with Crippen LogP contribution in [0.1, 0.15) is 16.7 Å². The fourth-order valence-corrected chi connectivity index (χ4v) is 4.92. The third-order valence-corrected chi connectivity index (χ3v) is 6.59. The van der Waals surface area contributed by atoms with Crippen LogP contribution in [0.5, 0.6) is 11.5 Å². The molecule has 0 saturated carbocycles. The highest BCUT2D eigenvalue weighted by atomic mass is 32.2. The average molecular weight is 505 g/mol. The van der Waals surface area contributed by atoms with Crippen molar-refractivity contribution < 1.29 is 19.1 Å². The molecule has 1 N–H and O–H groups in total. The largest absolute Gasteiger partial charge is 0.493 e. The van der Waals surface area contributed by atoms with Crippen LogP contribution in [0.3, 0.4) is 0 Å². The van der Waals surface area contributed by atoms with Gasteiger partial charge in [0.05, 0.1) is 17.7 Å². The van der Waals surface area contributed by atoms with Gasteiger partial charge in [0.1, 0.15) is 0 Å². The number of nitrogens with one attached hydrogen (secondary N) is 1. The SMILES string of the molecule is COc1cc(/C=C2\SC(=S)N(c3ccc(C)cc3C)C2=O)ccc1OCC(=O)Nc1ccccc1. The van der Waals surface area contributed by atoms with Crippen LogP contribution in [-0.4, -0.2) is 29.9 Å². The lowest BCUT2D eigenvalue weighted by Gasteiger charge is -2.17. The van der Waals surface area contributed by atoms with E-state index in [9.17, 15) is 9.59 Å². The van der Waals surface area contributed by atoms with E-state index in [0.717, 1.165) is 22.4 Å². The number of rotatable bonds is 7. The van der Waals surface area contributed by atoms with Crippen LogP contribution in [0, 0.1) is 13.8 Å². The maximum Gasteiger partial charge on any atom is 0.270 e. The Bertz CT molecular complexity index is 1320. The number of anilines is 2. The van der Waals surface area contributed by atoms with Crippen LogP contribution in [0.2, 0.25) is 0 Å². The smallest absolute Gasteiger partial charge is 0.270 e. The highest BCUT2D eigenvalue weighted by molar-refractivity contribution is 8.27. The summed E-state index contributed by atoms with van der Waals surface area (Å²) in [5.74, 6) is 0.438. The quantitative estimate of drug-likeness (QED) is 0.327. The van der Waals surface area contributed by atoms with Gasteiger partial charge in [0.25, 0.3) is 11.8 Å². The average Bonchev–Trinajstić information content (AvgIpc) is 3.11. The number of nitrogens with zero attached hydrogens (tertiary/aromatic N) is 1. The Morgan fingerprint density at radius 3 is 2.54 bits per heavy atom. The fourth-order valence-electron chi connectivity index (χ4n) is 3.64. The van der Waals surface area contributed by atoms with Crippen LogP contribution in [-0.2, 0) is 9.59 Å². The number of hydrogen-bond donors (Lipinski definition) is 1. The summed E-state index contributed by atoms with van der Waals surface area (Å²) in [4.78, 5) is 27.4. The molecule has 0 spiro atoms. The molecule has 0 bridgehead atoms. The van der Waals surface area contributed by atoms with Gasteiger partial charge in [-0.25, -0.2) is 0 Å². The first-order chi connectivity index (χ1) is 16.9. The summed E-state index contributed by atoms with van der Waals surface area (Å²) >= 11 is 6.77. The second kappa shape index (κ2) is 10.8. The molecule has 178 valence electrons. The molecular formula is C27H24N2O4S2. The first-order valence-corrected chi connectivity index (χ1v) is 12.1. The molecule has 0 aliphatic carbocycles. The highest BCUT2D eigenvalue weighted by Crippen LogP contribution is 2.38. The first-order valence-electron chi connectivity index (χ1n) is 10.9. The second-order valence-corrected chi connectivity index (χ2v) is 9.60. The molecule has 1 fully saturated rings. The van der Waals surface area contributed by atoms with E-state index < -0.39 is 0 Å². The van der Waals surface area contributed by atoms with E-state index in [1.54, 1.807) is 41.3 Å². The third kappa shape index (κ3) is 5.72. The number of thioether (sulfide) groups is 1. The molecule has 1 saturated heterocycles. The summed E-state index contributed by atoms with van der Waals surface area (Å²) in [6.45, 7) is 3.81. The Balaban J connectivity index is 1.47. The van der Waals surface area contributed by atoms with Crippen molar-refractivity contribution in [2.45, 2.75) is 13.8 Å². The Kier molecular flexibility index (Phi) is 7.53. The summed E-state index contributed by atoms with van der Waals surface area (Å²) in [7, 11) is 1.52. The van der Waals surface area contributed by atoms with Crippen LogP contribution in [0.25, 0.3) is 6.08 Å². The molecule has 1 aliphatic rings. The van der Waals surface area contributed by atoms with Gasteiger partial charge in [-0.2, -0.15) is 0 Å². The van der Waals surface area contributed by atoms with Gasteiger partial charge < -0.3 is 14.8 Å². The zero-order valence-electron chi connectivity index (χ0n) is 19.5. The Morgan fingerprint density at radius 2 is 1.83 bits per heavy atom. The lowest BCUT2D eigenvalue weighted by Crippen LogP contribution is -2.28. The molecule has 8 heteroatoms. The molecule has 0 aromatic heterocycles. The molecule has 1 heterocycles. The molecule has 35 heavy (non-hydrogen) atoms. The van der Waals surface area contributed by atoms with Gasteiger partial charge in [0, 0.05) is 5.69 Å². The monoisotopic (exact) mass is 504 g/mol. The molecule has 4 rings (SSSR count). The number of amides is 2. The van der Waals surface area contributed by atoms with Gasteiger partial charge in [-0.1, -0.05) is 65.9 Å². The zero-order chi connectivity index (χ0) is 24.9. The van der Waals surface area contributed by atoms with Crippen molar-refractivity contribution in [1.29, 1.82) is 0 Å². The summed E-state index contributed by atoms with van der Waals surface area (Å²) in [6.07, 6.45) is 1.78. The Labute approximate surface area is 213 Å². The van der Waals surface area contributed by atoms with Gasteiger partial charge in [-0.05, 0) is 61.4 Å². The fraction of sp³-hybridized carbons (Fsp3) is 0.148. The van der Waals surface area contributed by atoms with Crippen molar-refractivity contribution in [3.63, 3.8) is 0 Å². The standard InChI is InChI=1S/C27H24N2O4S2/c1-17-9-11-21(18(2)13-17)29-26(31)24(35-27(29)34)15-19-10-12-22(23(14-19)32-3)33-16-25(30)28-20-7-5-4-6-8-20/h4-15H,16H2,1-3H3,(H,28,30)/b24-15-. The predicted molar refractivity (Wildman–Crippen MR) is 145 cm³/mol. The van der Waals surface area contributed by atoms with Gasteiger partial charge in [0.2, 0.25) is 0 Å². The van der Waals surface area contributed by atoms with Crippen LogP contribution in [0.4, 0.5) is 11.4 Å². The molecule has 2 amide bonds. The molecule has 3 aromatic carbocycles. The normalized spacial score (nSPS) is 14.4. The van der Waals surface area contributed by atoms with E-state index >= 15 is 0 Å². The number of methoxy groups -OCH3 is 1. The topological polar surface area (TPSA) is 67.9 Å². The van der Waals surface area contributed by atoms with Crippen molar-refractivity contribution >= 4 is 57.6 Å². The maximum absolute atomic E-state index is 13.2. The van der Waals surface area contributed by atoms with Gasteiger partial charge in [-0.15, -0.1) is 0 Å². The predicted octanol–water partition coefficient (Wildman–Crippen LogP) is 5.74. The molecule has 0 radical (unpaired) electrons. The first kappa shape index (κ1) is 24.5. The van der Waals surface area contributed by atoms with Gasteiger partial charge >= 0.3 is 0 Å². The number of carbonyl (C=O) groups excluding carboxylic acids is 2. The third-order valence-electron chi connectivity index (χ3n) is 5.29. The molecule has 0 unspecified atom stereocenters. The Hall–Kier alpha value is -3.62. The summed E-state index contributed by atoms with van der Waals surface area (Å²) in [6, 6.07) is 20.3. The maximum atomic E-state index is 13.2. The molecule has 3 aromatic rings. The van der Waals surface area contributed by atoms with Crippen molar-refractivity contribution in [1.82, 2.24) is 0 Å². The van der Waals surface area contributed by atoms with E-state index in [2.05, 4.69) is 5.32 Å². The van der Waals surface area contributed by atoms with E-state index in [0.29, 0.717) is 26.4 Å². The number of ether oxygens (including phenoxy) is 2. The lowest BCUT2D eigenvalue weighted by molar-refractivity contribution is -0.118. The van der Waals surface area contributed by atoms with Crippen LogP contribution >= 0.6 is 24.0 Å². The zero-order valence-corrected chi connectivity index (χ0v) is 21.2. The number of thiocarbonyl (C=S) groups is 1.